The van der Waals surface area contributed by atoms with Crippen LogP contribution in [0.5, 0.6) is 0 Å². The van der Waals surface area contributed by atoms with E-state index in [9.17, 15) is 9.90 Å². The van der Waals surface area contributed by atoms with Crippen molar-refractivity contribution in [3.8, 4) is 0 Å². The van der Waals surface area contributed by atoms with Crippen LogP contribution < -0.4 is 5.32 Å². The molecule has 100 valence electrons. The molecule has 1 rings (SSSR count). The summed E-state index contributed by atoms with van der Waals surface area (Å²) in [4.78, 5) is 13.8. The summed E-state index contributed by atoms with van der Waals surface area (Å²) in [6.07, 6.45) is 3.27. The minimum Gasteiger partial charge on any atom is -0.393 e. The average molecular weight is 242 g/mol. The standard InChI is InChI=1S/C13H26N2O2/c1-10(2)8-15(3)9-13(17)14-11-4-6-12(16)7-5-11/h10-12,16H,4-9H2,1-3H3,(H,14,17). The molecule has 0 heterocycles. The number of aliphatic hydroxyl groups excluding tert-OH is 1. The zero-order valence-corrected chi connectivity index (χ0v) is 11.3. The van der Waals surface area contributed by atoms with Gasteiger partial charge in [0.1, 0.15) is 0 Å². The third-order valence-corrected chi connectivity index (χ3v) is 3.15. The molecule has 17 heavy (non-hydrogen) atoms. The maximum atomic E-state index is 11.8. The van der Waals surface area contributed by atoms with Crippen molar-refractivity contribution in [1.29, 1.82) is 0 Å². The molecule has 0 aromatic carbocycles. The lowest BCUT2D eigenvalue weighted by atomic mass is 9.93. The normalized spacial score (nSPS) is 25.3. The molecule has 1 aliphatic rings. The van der Waals surface area contributed by atoms with Crippen LogP contribution in [-0.4, -0.2) is 48.2 Å². The van der Waals surface area contributed by atoms with Crippen molar-refractivity contribution in [1.82, 2.24) is 10.2 Å². The first kappa shape index (κ1) is 14.5. The second kappa shape index (κ2) is 6.97. The molecule has 0 aromatic rings. The number of hydrogen-bond donors (Lipinski definition) is 2. The molecule has 0 radical (unpaired) electrons. The monoisotopic (exact) mass is 242 g/mol. The van der Waals surface area contributed by atoms with Crippen LogP contribution in [0.25, 0.3) is 0 Å². The van der Waals surface area contributed by atoms with Crippen LogP contribution in [-0.2, 0) is 4.79 Å². The number of hydrogen-bond acceptors (Lipinski definition) is 3. The molecule has 0 unspecified atom stereocenters. The van der Waals surface area contributed by atoms with Crippen LogP contribution in [0.1, 0.15) is 39.5 Å². The quantitative estimate of drug-likeness (QED) is 0.756. The number of nitrogens with zero attached hydrogens (tertiary/aromatic N) is 1. The van der Waals surface area contributed by atoms with Crippen molar-refractivity contribution in [3.63, 3.8) is 0 Å². The van der Waals surface area contributed by atoms with E-state index in [-0.39, 0.29) is 18.1 Å². The molecule has 1 aliphatic carbocycles. The maximum Gasteiger partial charge on any atom is 0.234 e. The number of rotatable bonds is 5. The molecule has 0 atom stereocenters. The van der Waals surface area contributed by atoms with Gasteiger partial charge in [-0.1, -0.05) is 13.8 Å². The molecule has 0 bridgehead atoms. The predicted octanol–water partition coefficient (Wildman–Crippen LogP) is 0.994. The fraction of sp³-hybridized carbons (Fsp3) is 0.923. The topological polar surface area (TPSA) is 52.6 Å². The Morgan fingerprint density at radius 3 is 2.47 bits per heavy atom. The number of nitrogens with one attached hydrogen (secondary N) is 1. The summed E-state index contributed by atoms with van der Waals surface area (Å²) in [5, 5.41) is 12.4. The highest BCUT2D eigenvalue weighted by Crippen LogP contribution is 2.18. The van der Waals surface area contributed by atoms with E-state index >= 15 is 0 Å². The van der Waals surface area contributed by atoms with Gasteiger partial charge in [-0.05, 0) is 38.6 Å². The lowest BCUT2D eigenvalue weighted by Crippen LogP contribution is -2.43. The van der Waals surface area contributed by atoms with Crippen LogP contribution in [0.3, 0.4) is 0 Å². The summed E-state index contributed by atoms with van der Waals surface area (Å²) in [5.74, 6) is 0.687. The molecule has 0 saturated heterocycles. The zero-order chi connectivity index (χ0) is 12.8. The van der Waals surface area contributed by atoms with E-state index < -0.39 is 0 Å². The molecule has 0 spiro atoms. The average Bonchev–Trinajstić information content (AvgIpc) is 2.19. The van der Waals surface area contributed by atoms with Crippen molar-refractivity contribution < 1.29 is 9.90 Å². The van der Waals surface area contributed by atoms with E-state index in [0.717, 1.165) is 32.2 Å². The van der Waals surface area contributed by atoms with Gasteiger partial charge in [0.25, 0.3) is 0 Å². The van der Waals surface area contributed by atoms with Gasteiger partial charge in [-0.15, -0.1) is 0 Å². The van der Waals surface area contributed by atoms with Crippen molar-refractivity contribution in [2.24, 2.45) is 5.92 Å². The van der Waals surface area contributed by atoms with Crippen molar-refractivity contribution in [2.75, 3.05) is 20.1 Å². The molecule has 4 nitrogen and oxygen atoms in total. The predicted molar refractivity (Wildman–Crippen MR) is 68.7 cm³/mol. The fourth-order valence-electron chi connectivity index (χ4n) is 2.43. The second-order valence-corrected chi connectivity index (χ2v) is 5.66. The Bertz CT molecular complexity index is 236. The number of carbonyl (C=O) groups excluding carboxylic acids is 1. The highest BCUT2D eigenvalue weighted by Gasteiger charge is 2.21. The highest BCUT2D eigenvalue weighted by molar-refractivity contribution is 5.78. The van der Waals surface area contributed by atoms with Crippen LogP contribution in [0.2, 0.25) is 0 Å². The van der Waals surface area contributed by atoms with Gasteiger partial charge in [-0.2, -0.15) is 0 Å². The van der Waals surface area contributed by atoms with Gasteiger partial charge in [0, 0.05) is 12.6 Å². The first-order valence-corrected chi connectivity index (χ1v) is 6.63. The molecular formula is C13H26N2O2. The SMILES string of the molecule is CC(C)CN(C)CC(=O)NC1CCC(O)CC1. The molecule has 1 amide bonds. The molecule has 0 aliphatic heterocycles. The third-order valence-electron chi connectivity index (χ3n) is 3.15. The highest BCUT2D eigenvalue weighted by atomic mass is 16.3. The van der Waals surface area contributed by atoms with Crippen molar-refractivity contribution in [3.05, 3.63) is 0 Å². The Kier molecular flexibility index (Phi) is 5.92. The van der Waals surface area contributed by atoms with Gasteiger partial charge >= 0.3 is 0 Å². The maximum absolute atomic E-state index is 11.8. The molecule has 0 aromatic heterocycles. The van der Waals surface area contributed by atoms with E-state index in [2.05, 4.69) is 24.1 Å². The number of amides is 1. The Morgan fingerprint density at radius 1 is 1.35 bits per heavy atom. The zero-order valence-electron chi connectivity index (χ0n) is 11.3. The van der Waals surface area contributed by atoms with Crippen molar-refractivity contribution >= 4 is 5.91 Å². The molecule has 4 heteroatoms. The number of carbonyl (C=O) groups is 1. The van der Waals surface area contributed by atoms with Crippen LogP contribution >= 0.6 is 0 Å². The van der Waals surface area contributed by atoms with Gasteiger partial charge < -0.3 is 10.4 Å². The Balaban J connectivity index is 2.20. The fourth-order valence-corrected chi connectivity index (χ4v) is 2.43. The van der Waals surface area contributed by atoms with Crippen LogP contribution in [0.15, 0.2) is 0 Å². The minimum absolute atomic E-state index is 0.106. The van der Waals surface area contributed by atoms with Gasteiger partial charge in [0.05, 0.1) is 12.6 Å². The number of likely N-dealkylation sites (N-methyl/N-ethyl adjacent to an activating group) is 1. The lowest BCUT2D eigenvalue weighted by molar-refractivity contribution is -0.123. The first-order chi connectivity index (χ1) is 7.97. The van der Waals surface area contributed by atoms with Gasteiger partial charge in [-0.3, -0.25) is 9.69 Å². The summed E-state index contributed by atoms with van der Waals surface area (Å²) < 4.78 is 0. The van der Waals surface area contributed by atoms with E-state index in [0.29, 0.717) is 12.5 Å². The Hall–Kier alpha value is -0.610. The second-order valence-electron chi connectivity index (χ2n) is 5.66. The van der Waals surface area contributed by atoms with Gasteiger partial charge in [0.2, 0.25) is 5.91 Å². The third kappa shape index (κ3) is 6.03. The Labute approximate surface area is 104 Å². The first-order valence-electron chi connectivity index (χ1n) is 6.63. The van der Waals surface area contributed by atoms with Crippen LogP contribution in [0, 0.1) is 5.92 Å². The molecule has 2 N–H and O–H groups in total. The number of aliphatic hydroxyl groups is 1. The van der Waals surface area contributed by atoms with E-state index in [1.165, 1.54) is 0 Å². The van der Waals surface area contributed by atoms with Crippen molar-refractivity contribution in [2.45, 2.75) is 51.7 Å². The minimum atomic E-state index is -0.160. The van der Waals surface area contributed by atoms with E-state index in [4.69, 9.17) is 0 Å². The van der Waals surface area contributed by atoms with Gasteiger partial charge in [0.15, 0.2) is 0 Å². The summed E-state index contributed by atoms with van der Waals surface area (Å²) in [5.41, 5.74) is 0. The largest absolute Gasteiger partial charge is 0.393 e. The van der Waals surface area contributed by atoms with Crippen LogP contribution in [0.4, 0.5) is 0 Å². The Morgan fingerprint density at radius 2 is 1.94 bits per heavy atom. The van der Waals surface area contributed by atoms with E-state index in [1.54, 1.807) is 0 Å². The summed E-state index contributed by atoms with van der Waals surface area (Å²) >= 11 is 0. The molecular weight excluding hydrogens is 216 g/mol. The molecule has 1 saturated carbocycles. The van der Waals surface area contributed by atoms with Gasteiger partial charge in [-0.25, -0.2) is 0 Å². The summed E-state index contributed by atoms with van der Waals surface area (Å²) in [6.45, 7) is 5.71. The molecule has 1 fully saturated rings. The summed E-state index contributed by atoms with van der Waals surface area (Å²) in [7, 11) is 1.98. The summed E-state index contributed by atoms with van der Waals surface area (Å²) in [6, 6.07) is 0.262. The lowest BCUT2D eigenvalue weighted by Gasteiger charge is -2.27. The smallest absolute Gasteiger partial charge is 0.234 e. The van der Waals surface area contributed by atoms with E-state index in [1.807, 2.05) is 7.05 Å².